The molecule has 4 rings (SSSR count). The molecule has 0 saturated carbocycles. The average Bonchev–Trinajstić information content (AvgIpc) is 3.47. The van der Waals surface area contributed by atoms with Crippen molar-refractivity contribution in [3.8, 4) is 17.2 Å². The van der Waals surface area contributed by atoms with E-state index in [1.54, 1.807) is 26.5 Å². The normalized spacial score (nSPS) is 11.7. The lowest BCUT2D eigenvalue weighted by atomic mass is 10.0. The lowest BCUT2D eigenvalue weighted by Gasteiger charge is -2.20. The van der Waals surface area contributed by atoms with Crippen LogP contribution >= 0.6 is 0 Å². The van der Waals surface area contributed by atoms with Gasteiger partial charge in [-0.15, -0.1) is 5.10 Å². The Kier molecular flexibility index (Phi) is 5.65. The molecule has 0 aliphatic rings. The zero-order chi connectivity index (χ0) is 21.8. The third-order valence-corrected chi connectivity index (χ3v) is 4.81. The third-order valence-electron chi connectivity index (χ3n) is 4.81. The highest BCUT2D eigenvalue weighted by molar-refractivity contribution is 5.92. The minimum absolute atomic E-state index is 0.193. The fourth-order valence-electron chi connectivity index (χ4n) is 3.21. The molecular weight excluding hydrogens is 396 g/mol. The molecule has 0 bridgehead atoms. The predicted octanol–water partition coefficient (Wildman–Crippen LogP) is 2.54. The Morgan fingerprint density at radius 1 is 1.06 bits per heavy atom. The van der Waals surface area contributed by atoms with Gasteiger partial charge < -0.3 is 19.4 Å². The fraction of sp³-hybridized carbons (Fsp3) is 0.182. The molecule has 0 saturated heterocycles. The summed E-state index contributed by atoms with van der Waals surface area (Å²) in [5.41, 5.74) is 1.71. The van der Waals surface area contributed by atoms with Crippen LogP contribution in [0.25, 0.3) is 5.69 Å². The molecule has 31 heavy (non-hydrogen) atoms. The first-order chi connectivity index (χ1) is 15.1. The van der Waals surface area contributed by atoms with E-state index in [1.165, 1.54) is 11.0 Å². The summed E-state index contributed by atoms with van der Waals surface area (Å²) < 4.78 is 12.6. The molecule has 9 heteroatoms. The number of imidazole rings is 1. The number of carbonyl (C=O) groups is 1. The molecule has 0 radical (unpaired) electrons. The van der Waals surface area contributed by atoms with Crippen molar-refractivity contribution >= 4 is 5.91 Å². The lowest BCUT2D eigenvalue weighted by Crippen LogP contribution is -2.31. The van der Waals surface area contributed by atoms with Gasteiger partial charge in [-0.3, -0.25) is 4.79 Å². The number of hydrogen-bond donors (Lipinski definition) is 1. The molecule has 0 aliphatic heterocycles. The molecule has 1 amide bonds. The first kappa shape index (κ1) is 20.1. The van der Waals surface area contributed by atoms with E-state index in [-0.39, 0.29) is 11.6 Å². The Labute approximate surface area is 179 Å². The summed E-state index contributed by atoms with van der Waals surface area (Å²) in [6, 6.07) is 14.3. The molecule has 1 N–H and O–H groups in total. The monoisotopic (exact) mass is 418 g/mol. The summed E-state index contributed by atoms with van der Waals surface area (Å²) in [6.07, 6.45) is 4.93. The molecule has 2 aromatic carbocycles. The Balaban J connectivity index is 1.67. The highest BCUT2D eigenvalue weighted by Crippen LogP contribution is 2.29. The topological polar surface area (TPSA) is 96.1 Å². The number of methoxy groups -OCH3 is 2. The minimum atomic E-state index is -0.557. The van der Waals surface area contributed by atoms with Gasteiger partial charge in [-0.05, 0) is 29.8 Å². The molecule has 4 aromatic rings. The van der Waals surface area contributed by atoms with Gasteiger partial charge in [0.25, 0.3) is 5.91 Å². The molecular formula is C22H22N6O3. The standard InChI is InChI=1S/C22H22N6O3/c1-27-10-9-23-21(27)20(15-11-17(30-2)13-18(12-15)31-3)25-22(29)19-14-24-28(26-19)16-7-5-4-6-8-16/h4-14,20H,1-3H3,(H,25,29). The number of ether oxygens (including phenoxy) is 2. The van der Waals surface area contributed by atoms with E-state index in [0.29, 0.717) is 17.3 Å². The first-order valence-corrected chi connectivity index (χ1v) is 9.58. The van der Waals surface area contributed by atoms with Gasteiger partial charge >= 0.3 is 0 Å². The number of hydrogen-bond acceptors (Lipinski definition) is 6. The van der Waals surface area contributed by atoms with Crippen LogP contribution in [0.1, 0.15) is 27.9 Å². The summed E-state index contributed by atoms with van der Waals surface area (Å²) in [5.74, 6) is 1.49. The van der Waals surface area contributed by atoms with E-state index in [0.717, 1.165) is 11.3 Å². The Morgan fingerprint density at radius 3 is 2.39 bits per heavy atom. The highest BCUT2D eigenvalue weighted by atomic mass is 16.5. The summed E-state index contributed by atoms with van der Waals surface area (Å²) in [4.78, 5) is 18.9. The van der Waals surface area contributed by atoms with Gasteiger partial charge in [0.1, 0.15) is 23.4 Å². The molecule has 1 unspecified atom stereocenters. The zero-order valence-corrected chi connectivity index (χ0v) is 17.4. The number of rotatable bonds is 7. The first-order valence-electron chi connectivity index (χ1n) is 9.58. The van der Waals surface area contributed by atoms with E-state index >= 15 is 0 Å². The highest BCUT2D eigenvalue weighted by Gasteiger charge is 2.24. The number of aromatic nitrogens is 5. The van der Waals surface area contributed by atoms with Crippen LogP contribution in [-0.2, 0) is 7.05 Å². The van der Waals surface area contributed by atoms with Crippen molar-refractivity contribution in [1.29, 1.82) is 0 Å². The molecule has 2 heterocycles. The van der Waals surface area contributed by atoms with Crippen molar-refractivity contribution in [2.24, 2.45) is 7.05 Å². The van der Waals surface area contributed by atoms with E-state index in [2.05, 4.69) is 20.5 Å². The van der Waals surface area contributed by atoms with E-state index < -0.39 is 6.04 Å². The summed E-state index contributed by atoms with van der Waals surface area (Å²) >= 11 is 0. The van der Waals surface area contributed by atoms with E-state index in [1.807, 2.05) is 60.3 Å². The number of benzene rings is 2. The van der Waals surface area contributed by atoms with Gasteiger partial charge in [0, 0.05) is 25.5 Å². The van der Waals surface area contributed by atoms with Gasteiger partial charge in [-0.2, -0.15) is 9.90 Å². The van der Waals surface area contributed by atoms with Gasteiger partial charge in [-0.25, -0.2) is 4.98 Å². The van der Waals surface area contributed by atoms with E-state index in [4.69, 9.17) is 9.47 Å². The van der Waals surface area contributed by atoms with Crippen molar-refractivity contribution in [1.82, 2.24) is 29.9 Å². The Hall–Kier alpha value is -4.14. The van der Waals surface area contributed by atoms with Crippen LogP contribution in [0.15, 0.2) is 67.1 Å². The number of nitrogens with zero attached hydrogens (tertiary/aromatic N) is 5. The van der Waals surface area contributed by atoms with Crippen LogP contribution in [0.3, 0.4) is 0 Å². The number of aryl methyl sites for hydroxylation is 1. The van der Waals surface area contributed by atoms with Crippen molar-refractivity contribution in [3.05, 3.63) is 84.2 Å². The molecule has 9 nitrogen and oxygen atoms in total. The Bertz CT molecular complexity index is 1160. The number of amides is 1. The second-order valence-corrected chi connectivity index (χ2v) is 6.80. The maximum atomic E-state index is 13.1. The molecule has 158 valence electrons. The largest absolute Gasteiger partial charge is 0.497 e. The Morgan fingerprint density at radius 2 is 1.77 bits per heavy atom. The molecule has 0 spiro atoms. The lowest BCUT2D eigenvalue weighted by molar-refractivity contribution is 0.0935. The van der Waals surface area contributed by atoms with Crippen LogP contribution < -0.4 is 14.8 Å². The van der Waals surface area contributed by atoms with Crippen LogP contribution in [0.5, 0.6) is 11.5 Å². The smallest absolute Gasteiger partial charge is 0.274 e. The van der Waals surface area contributed by atoms with Crippen LogP contribution in [-0.4, -0.2) is 44.7 Å². The summed E-state index contributed by atoms with van der Waals surface area (Å²) in [6.45, 7) is 0. The molecule has 0 fully saturated rings. The van der Waals surface area contributed by atoms with Crippen LogP contribution in [0.4, 0.5) is 0 Å². The molecule has 2 aromatic heterocycles. The van der Waals surface area contributed by atoms with Gasteiger partial charge in [0.05, 0.1) is 26.1 Å². The molecule has 0 aliphatic carbocycles. The number of carbonyl (C=O) groups excluding carboxylic acids is 1. The SMILES string of the molecule is COc1cc(OC)cc(C(NC(=O)c2cnn(-c3ccccc3)n2)c2nccn2C)c1. The van der Waals surface area contributed by atoms with Gasteiger partial charge in [-0.1, -0.05) is 18.2 Å². The third kappa shape index (κ3) is 4.25. The minimum Gasteiger partial charge on any atom is -0.497 e. The summed E-state index contributed by atoms with van der Waals surface area (Å²) in [5, 5.41) is 11.5. The van der Waals surface area contributed by atoms with Crippen LogP contribution in [0.2, 0.25) is 0 Å². The van der Waals surface area contributed by atoms with Crippen molar-refractivity contribution in [3.63, 3.8) is 0 Å². The maximum absolute atomic E-state index is 13.1. The number of nitrogens with one attached hydrogen (secondary N) is 1. The zero-order valence-electron chi connectivity index (χ0n) is 17.4. The van der Waals surface area contributed by atoms with Crippen molar-refractivity contribution in [2.75, 3.05) is 14.2 Å². The molecule has 1 atom stereocenters. The fourth-order valence-corrected chi connectivity index (χ4v) is 3.21. The van der Waals surface area contributed by atoms with Crippen LogP contribution in [0, 0.1) is 0 Å². The number of para-hydroxylation sites is 1. The summed E-state index contributed by atoms with van der Waals surface area (Å²) in [7, 11) is 5.02. The van der Waals surface area contributed by atoms with Gasteiger partial charge in [0.2, 0.25) is 0 Å². The van der Waals surface area contributed by atoms with Gasteiger partial charge in [0.15, 0.2) is 5.69 Å². The van der Waals surface area contributed by atoms with Crippen molar-refractivity contribution in [2.45, 2.75) is 6.04 Å². The average molecular weight is 418 g/mol. The quantitative estimate of drug-likeness (QED) is 0.496. The maximum Gasteiger partial charge on any atom is 0.274 e. The predicted molar refractivity (Wildman–Crippen MR) is 113 cm³/mol. The second kappa shape index (κ2) is 8.70. The van der Waals surface area contributed by atoms with Crippen molar-refractivity contribution < 1.29 is 14.3 Å². The second-order valence-electron chi connectivity index (χ2n) is 6.80. The van der Waals surface area contributed by atoms with E-state index in [9.17, 15) is 4.79 Å².